The maximum atomic E-state index is 12.6. The summed E-state index contributed by atoms with van der Waals surface area (Å²) >= 11 is 0. The van der Waals surface area contributed by atoms with Gasteiger partial charge in [0.05, 0.1) is 11.9 Å². The zero-order valence-electron chi connectivity index (χ0n) is 15.0. The fraction of sp³-hybridized carbons (Fsp3) is 0.350. The van der Waals surface area contributed by atoms with Gasteiger partial charge in [0.2, 0.25) is 0 Å². The van der Waals surface area contributed by atoms with Crippen molar-refractivity contribution in [2.75, 3.05) is 11.9 Å². The number of aliphatic carboxylic acids is 1. The number of rotatable bonds is 5. The highest BCUT2D eigenvalue weighted by Crippen LogP contribution is 2.26. The van der Waals surface area contributed by atoms with Crippen molar-refractivity contribution in [3.05, 3.63) is 52.3 Å². The first-order valence-corrected chi connectivity index (χ1v) is 8.69. The fourth-order valence-corrected chi connectivity index (χ4v) is 3.30. The molecule has 0 spiro atoms. The quantitative estimate of drug-likeness (QED) is 0.860. The molecular weight excluding hydrogens is 332 g/mol. The number of fused-ring (bicyclic) bond motifs is 1. The van der Waals surface area contributed by atoms with E-state index in [4.69, 9.17) is 9.84 Å². The summed E-state index contributed by atoms with van der Waals surface area (Å²) in [4.78, 5) is 27.7. The van der Waals surface area contributed by atoms with Crippen LogP contribution >= 0.6 is 0 Å². The summed E-state index contributed by atoms with van der Waals surface area (Å²) in [7, 11) is 0. The Kier molecular flexibility index (Phi) is 5.21. The Bertz CT molecular complexity index is 838. The van der Waals surface area contributed by atoms with E-state index in [0.717, 1.165) is 36.1 Å². The molecule has 0 aliphatic heterocycles. The minimum atomic E-state index is -1.04. The van der Waals surface area contributed by atoms with Crippen LogP contribution < -0.4 is 10.1 Å². The van der Waals surface area contributed by atoms with E-state index in [2.05, 4.69) is 10.3 Å². The molecule has 2 aromatic rings. The van der Waals surface area contributed by atoms with Crippen molar-refractivity contribution in [1.82, 2.24) is 4.98 Å². The summed E-state index contributed by atoms with van der Waals surface area (Å²) < 4.78 is 5.30. The molecule has 3 rings (SSSR count). The molecule has 6 heteroatoms. The molecule has 0 fully saturated rings. The van der Waals surface area contributed by atoms with Gasteiger partial charge in [-0.1, -0.05) is 0 Å². The number of amides is 1. The molecule has 1 aromatic heterocycles. The van der Waals surface area contributed by atoms with E-state index < -0.39 is 12.6 Å². The first-order chi connectivity index (χ1) is 12.4. The minimum Gasteiger partial charge on any atom is -0.481 e. The van der Waals surface area contributed by atoms with Crippen molar-refractivity contribution in [2.24, 2.45) is 0 Å². The van der Waals surface area contributed by atoms with Crippen molar-refractivity contribution in [1.29, 1.82) is 0 Å². The number of hydrogen-bond acceptors (Lipinski definition) is 4. The van der Waals surface area contributed by atoms with Crippen LogP contribution in [0.25, 0.3) is 0 Å². The largest absolute Gasteiger partial charge is 0.481 e. The second-order valence-electron chi connectivity index (χ2n) is 6.61. The summed E-state index contributed by atoms with van der Waals surface area (Å²) in [6, 6.07) is 5.40. The number of benzene rings is 1. The second-order valence-corrected chi connectivity index (χ2v) is 6.61. The molecule has 1 heterocycles. The van der Waals surface area contributed by atoms with Crippen LogP contribution in [0, 0.1) is 13.8 Å². The molecule has 1 aliphatic rings. The Balaban J connectivity index is 1.76. The van der Waals surface area contributed by atoms with Crippen LogP contribution in [0.1, 0.15) is 45.6 Å². The average molecular weight is 354 g/mol. The highest BCUT2D eigenvalue weighted by atomic mass is 16.5. The number of pyridine rings is 1. The molecule has 6 nitrogen and oxygen atoms in total. The van der Waals surface area contributed by atoms with E-state index in [1.807, 2.05) is 6.07 Å². The Morgan fingerprint density at radius 2 is 1.85 bits per heavy atom. The van der Waals surface area contributed by atoms with Gasteiger partial charge in [-0.15, -0.1) is 0 Å². The predicted octanol–water partition coefficient (Wildman–Crippen LogP) is 3.29. The zero-order valence-corrected chi connectivity index (χ0v) is 15.0. The van der Waals surface area contributed by atoms with E-state index in [-0.39, 0.29) is 5.91 Å². The number of carboxylic acids is 1. The van der Waals surface area contributed by atoms with Crippen LogP contribution in [0.15, 0.2) is 24.4 Å². The first kappa shape index (κ1) is 17.9. The normalized spacial score (nSPS) is 13.0. The molecule has 0 atom stereocenters. The number of carbonyl (C=O) groups excluding carboxylic acids is 1. The number of aryl methyl sites for hydroxylation is 4. The fourth-order valence-electron chi connectivity index (χ4n) is 3.30. The monoisotopic (exact) mass is 354 g/mol. The lowest BCUT2D eigenvalue weighted by atomic mass is 9.96. The maximum absolute atomic E-state index is 12.6. The second kappa shape index (κ2) is 7.56. The van der Waals surface area contributed by atoms with E-state index in [1.54, 1.807) is 32.2 Å². The van der Waals surface area contributed by atoms with Gasteiger partial charge in [0.25, 0.3) is 5.91 Å². The third kappa shape index (κ3) is 4.02. The zero-order chi connectivity index (χ0) is 18.7. The van der Waals surface area contributed by atoms with Gasteiger partial charge < -0.3 is 15.2 Å². The molecule has 0 saturated heterocycles. The van der Waals surface area contributed by atoms with Gasteiger partial charge in [-0.3, -0.25) is 9.78 Å². The lowest BCUT2D eigenvalue weighted by molar-refractivity contribution is -0.139. The number of anilines is 1. The van der Waals surface area contributed by atoms with Gasteiger partial charge in [0.15, 0.2) is 6.61 Å². The van der Waals surface area contributed by atoms with E-state index in [0.29, 0.717) is 17.0 Å². The number of ether oxygens (including phenoxy) is 1. The van der Waals surface area contributed by atoms with Crippen LogP contribution in [-0.4, -0.2) is 28.6 Å². The molecule has 2 N–H and O–H groups in total. The van der Waals surface area contributed by atoms with Gasteiger partial charge in [-0.2, -0.15) is 0 Å². The van der Waals surface area contributed by atoms with E-state index >= 15 is 0 Å². The van der Waals surface area contributed by atoms with Crippen molar-refractivity contribution in [3.63, 3.8) is 0 Å². The highest BCUT2D eigenvalue weighted by Gasteiger charge is 2.15. The van der Waals surface area contributed by atoms with E-state index in [1.165, 1.54) is 12.0 Å². The molecule has 1 aromatic carbocycles. The smallest absolute Gasteiger partial charge is 0.341 e. The van der Waals surface area contributed by atoms with Crippen LogP contribution in [0.2, 0.25) is 0 Å². The van der Waals surface area contributed by atoms with Gasteiger partial charge in [0, 0.05) is 11.3 Å². The van der Waals surface area contributed by atoms with Crippen molar-refractivity contribution >= 4 is 17.6 Å². The summed E-state index contributed by atoms with van der Waals surface area (Å²) in [5.41, 5.74) is 4.97. The molecule has 1 amide bonds. The summed E-state index contributed by atoms with van der Waals surface area (Å²) in [6.07, 6.45) is 6.02. The van der Waals surface area contributed by atoms with Gasteiger partial charge >= 0.3 is 5.97 Å². The van der Waals surface area contributed by atoms with E-state index in [9.17, 15) is 9.59 Å². The Morgan fingerprint density at radius 1 is 1.15 bits per heavy atom. The average Bonchev–Trinajstić information content (AvgIpc) is 2.60. The molecule has 136 valence electrons. The maximum Gasteiger partial charge on any atom is 0.341 e. The van der Waals surface area contributed by atoms with Crippen molar-refractivity contribution in [2.45, 2.75) is 39.5 Å². The van der Waals surface area contributed by atoms with Crippen LogP contribution in [-0.2, 0) is 17.6 Å². The summed E-state index contributed by atoms with van der Waals surface area (Å²) in [5.74, 6) is -0.761. The van der Waals surface area contributed by atoms with Crippen LogP contribution in [0.3, 0.4) is 0 Å². The third-order valence-electron chi connectivity index (χ3n) is 4.49. The molecule has 0 bridgehead atoms. The minimum absolute atomic E-state index is 0.224. The number of nitrogens with zero attached hydrogens (tertiary/aromatic N) is 1. The topological polar surface area (TPSA) is 88.5 Å². The lowest BCUT2D eigenvalue weighted by Gasteiger charge is -2.16. The van der Waals surface area contributed by atoms with Crippen molar-refractivity contribution < 1.29 is 19.4 Å². The molecule has 1 aliphatic carbocycles. The Morgan fingerprint density at radius 3 is 2.54 bits per heavy atom. The van der Waals surface area contributed by atoms with Gasteiger partial charge in [-0.05, 0) is 74.4 Å². The SMILES string of the molecule is Cc1cc(C(=O)Nc2cnc3c(c2)CCCC3)cc(C)c1OCC(=O)O. The third-order valence-corrected chi connectivity index (χ3v) is 4.49. The summed E-state index contributed by atoms with van der Waals surface area (Å²) in [6.45, 7) is 3.18. The van der Waals surface area contributed by atoms with Crippen LogP contribution in [0.5, 0.6) is 5.75 Å². The number of aromatic nitrogens is 1. The summed E-state index contributed by atoms with van der Waals surface area (Å²) in [5, 5.41) is 11.6. The number of carbonyl (C=O) groups is 2. The molecular formula is C20H22N2O4. The Labute approximate surface area is 152 Å². The molecule has 0 radical (unpaired) electrons. The predicted molar refractivity (Wildman–Crippen MR) is 97.9 cm³/mol. The standard InChI is InChI=1S/C20H22N2O4/c1-12-7-15(8-13(2)19(12)26-11-18(23)24)20(25)22-16-9-14-5-3-4-6-17(14)21-10-16/h7-10H,3-6,11H2,1-2H3,(H,22,25)(H,23,24). The van der Waals surface area contributed by atoms with Gasteiger partial charge in [0.1, 0.15) is 5.75 Å². The van der Waals surface area contributed by atoms with Crippen molar-refractivity contribution in [3.8, 4) is 5.75 Å². The lowest BCUT2D eigenvalue weighted by Crippen LogP contribution is -2.15. The number of nitrogens with one attached hydrogen (secondary N) is 1. The molecule has 26 heavy (non-hydrogen) atoms. The highest BCUT2D eigenvalue weighted by molar-refractivity contribution is 6.04. The number of hydrogen-bond donors (Lipinski definition) is 2. The Hall–Kier alpha value is -2.89. The first-order valence-electron chi connectivity index (χ1n) is 8.69. The molecule has 0 unspecified atom stereocenters. The number of carboxylic acid groups (broad SMARTS) is 1. The van der Waals surface area contributed by atoms with Gasteiger partial charge in [-0.25, -0.2) is 4.79 Å². The van der Waals surface area contributed by atoms with Crippen LogP contribution in [0.4, 0.5) is 5.69 Å². The molecule has 0 saturated carbocycles.